The zero-order chi connectivity index (χ0) is 12.9. The number of benzene rings is 1. The molecule has 1 atom stereocenters. The van der Waals surface area contributed by atoms with E-state index in [9.17, 15) is 5.11 Å². The molecule has 0 aliphatic rings. The van der Waals surface area contributed by atoms with Crippen LogP contribution in [0, 0.1) is 8.99 Å². The van der Waals surface area contributed by atoms with Crippen LogP contribution in [0.2, 0.25) is 0 Å². The number of halogens is 1. The lowest BCUT2D eigenvalue weighted by atomic mass is 9.89. The number of rotatable bonds is 5. The molecule has 0 aliphatic heterocycles. The molecule has 1 unspecified atom stereocenters. The summed E-state index contributed by atoms with van der Waals surface area (Å²) in [6.45, 7) is 7.92. The highest BCUT2D eigenvalue weighted by molar-refractivity contribution is 14.1. The molecule has 2 N–H and O–H groups in total. The number of hydrogen-bond acceptors (Lipinski definition) is 2. The van der Waals surface area contributed by atoms with Crippen LogP contribution in [0.1, 0.15) is 32.8 Å². The van der Waals surface area contributed by atoms with Gasteiger partial charge in [-0.1, -0.05) is 32.9 Å². The number of hydrogen-bond donors (Lipinski definition) is 2. The first-order valence-corrected chi connectivity index (χ1v) is 7.08. The van der Waals surface area contributed by atoms with Gasteiger partial charge in [0.05, 0.1) is 6.10 Å². The summed E-state index contributed by atoms with van der Waals surface area (Å²) in [5, 5.41) is 13.1. The summed E-state index contributed by atoms with van der Waals surface area (Å²) >= 11 is 2.30. The van der Waals surface area contributed by atoms with E-state index < -0.39 is 0 Å². The molecule has 0 bridgehead atoms. The summed E-state index contributed by atoms with van der Waals surface area (Å²) in [6.07, 6.45) is 0.561. The van der Waals surface area contributed by atoms with E-state index >= 15 is 0 Å². The molecule has 0 aromatic heterocycles. The van der Waals surface area contributed by atoms with Crippen molar-refractivity contribution in [3.63, 3.8) is 0 Å². The maximum atomic E-state index is 9.84. The van der Waals surface area contributed by atoms with E-state index in [2.05, 4.69) is 72.9 Å². The molecule has 1 aromatic carbocycles. The lowest BCUT2D eigenvalue weighted by Crippen LogP contribution is -2.29. The van der Waals surface area contributed by atoms with Gasteiger partial charge in [-0.25, -0.2) is 0 Å². The Bertz CT molecular complexity index is 329. The van der Waals surface area contributed by atoms with E-state index in [1.165, 1.54) is 9.13 Å². The van der Waals surface area contributed by atoms with Crippen LogP contribution in [-0.4, -0.2) is 17.8 Å². The molecule has 0 heterocycles. The predicted octanol–water partition coefficient (Wildman–Crippen LogP) is 3.18. The Labute approximate surface area is 118 Å². The van der Waals surface area contributed by atoms with Crippen molar-refractivity contribution in [3.8, 4) is 0 Å². The minimum Gasteiger partial charge on any atom is -0.392 e. The molecule has 0 amide bonds. The van der Waals surface area contributed by atoms with Crippen molar-refractivity contribution < 1.29 is 5.11 Å². The van der Waals surface area contributed by atoms with Crippen LogP contribution < -0.4 is 5.32 Å². The normalized spacial score (nSPS) is 13.7. The second-order valence-electron chi connectivity index (χ2n) is 5.68. The topological polar surface area (TPSA) is 32.3 Å². The number of nitrogens with one attached hydrogen (secondary N) is 1. The Morgan fingerprint density at radius 1 is 1.24 bits per heavy atom. The monoisotopic (exact) mass is 347 g/mol. The number of aliphatic hydroxyl groups excluding tert-OH is 1. The SMILES string of the molecule is CC(C)(C)CC(O)CNCc1ccc(I)cc1. The maximum Gasteiger partial charge on any atom is 0.0669 e. The molecule has 0 saturated heterocycles. The van der Waals surface area contributed by atoms with Gasteiger partial charge in [-0.2, -0.15) is 0 Å². The molecule has 96 valence electrons. The van der Waals surface area contributed by atoms with Gasteiger partial charge in [0.25, 0.3) is 0 Å². The third-order valence-electron chi connectivity index (χ3n) is 2.47. The third-order valence-corrected chi connectivity index (χ3v) is 3.19. The molecule has 0 saturated carbocycles. The van der Waals surface area contributed by atoms with Gasteiger partial charge in [0, 0.05) is 16.7 Å². The van der Waals surface area contributed by atoms with E-state index in [1.54, 1.807) is 0 Å². The Morgan fingerprint density at radius 3 is 2.35 bits per heavy atom. The minimum atomic E-state index is -0.265. The fourth-order valence-corrected chi connectivity index (χ4v) is 2.12. The zero-order valence-electron chi connectivity index (χ0n) is 10.8. The standard InChI is InChI=1S/C14H22INO/c1-14(2,3)8-13(17)10-16-9-11-4-6-12(15)7-5-11/h4-7,13,16-17H,8-10H2,1-3H3. The van der Waals surface area contributed by atoms with Gasteiger partial charge >= 0.3 is 0 Å². The Hall–Kier alpha value is -0.130. The van der Waals surface area contributed by atoms with Crippen molar-refractivity contribution >= 4 is 22.6 Å². The van der Waals surface area contributed by atoms with Crippen LogP contribution in [0.15, 0.2) is 24.3 Å². The van der Waals surface area contributed by atoms with Crippen LogP contribution in [-0.2, 0) is 6.54 Å². The molecule has 0 aliphatic carbocycles. The molecular weight excluding hydrogens is 325 g/mol. The second-order valence-corrected chi connectivity index (χ2v) is 6.92. The quantitative estimate of drug-likeness (QED) is 0.802. The van der Waals surface area contributed by atoms with E-state index in [0.717, 1.165) is 13.0 Å². The summed E-state index contributed by atoms with van der Waals surface area (Å²) in [6, 6.07) is 8.43. The molecule has 0 radical (unpaired) electrons. The van der Waals surface area contributed by atoms with Gasteiger partial charge in [0.15, 0.2) is 0 Å². The molecule has 2 nitrogen and oxygen atoms in total. The molecule has 1 aromatic rings. The summed E-state index contributed by atoms with van der Waals surface area (Å²) in [4.78, 5) is 0. The van der Waals surface area contributed by atoms with Gasteiger partial charge in [-0.05, 0) is 52.1 Å². The van der Waals surface area contributed by atoms with Gasteiger partial charge in [0.1, 0.15) is 0 Å². The van der Waals surface area contributed by atoms with Crippen LogP contribution in [0.3, 0.4) is 0 Å². The van der Waals surface area contributed by atoms with E-state index in [1.807, 2.05) is 0 Å². The smallest absolute Gasteiger partial charge is 0.0669 e. The third kappa shape index (κ3) is 7.01. The van der Waals surface area contributed by atoms with Crippen molar-refractivity contribution in [2.24, 2.45) is 5.41 Å². The van der Waals surface area contributed by atoms with Crippen LogP contribution in [0.4, 0.5) is 0 Å². The fraction of sp³-hybridized carbons (Fsp3) is 0.571. The average molecular weight is 347 g/mol. The Balaban J connectivity index is 2.26. The Morgan fingerprint density at radius 2 is 1.82 bits per heavy atom. The highest BCUT2D eigenvalue weighted by Crippen LogP contribution is 2.20. The first kappa shape index (κ1) is 14.9. The summed E-state index contributed by atoms with van der Waals surface area (Å²) < 4.78 is 1.25. The lowest BCUT2D eigenvalue weighted by molar-refractivity contribution is 0.119. The van der Waals surface area contributed by atoms with Gasteiger partial charge in [0.2, 0.25) is 0 Å². The first-order chi connectivity index (χ1) is 7.87. The maximum absolute atomic E-state index is 9.84. The molecule has 17 heavy (non-hydrogen) atoms. The minimum absolute atomic E-state index is 0.184. The highest BCUT2D eigenvalue weighted by Gasteiger charge is 2.15. The van der Waals surface area contributed by atoms with Crippen molar-refractivity contribution in [2.45, 2.75) is 39.8 Å². The average Bonchev–Trinajstić information content (AvgIpc) is 2.18. The van der Waals surface area contributed by atoms with E-state index in [0.29, 0.717) is 6.54 Å². The van der Waals surface area contributed by atoms with Crippen molar-refractivity contribution in [2.75, 3.05) is 6.54 Å². The van der Waals surface area contributed by atoms with E-state index in [-0.39, 0.29) is 11.5 Å². The lowest BCUT2D eigenvalue weighted by Gasteiger charge is -2.22. The summed E-state index contributed by atoms with van der Waals surface area (Å²) in [5.74, 6) is 0. The van der Waals surface area contributed by atoms with Crippen LogP contribution >= 0.6 is 22.6 Å². The molecule has 3 heteroatoms. The van der Waals surface area contributed by atoms with Crippen molar-refractivity contribution in [1.29, 1.82) is 0 Å². The Kier molecular flexibility index (Phi) is 5.89. The van der Waals surface area contributed by atoms with Gasteiger partial charge < -0.3 is 10.4 Å². The van der Waals surface area contributed by atoms with Crippen LogP contribution in [0.5, 0.6) is 0 Å². The molecular formula is C14H22INO. The number of aliphatic hydroxyl groups is 1. The first-order valence-electron chi connectivity index (χ1n) is 6.00. The fourth-order valence-electron chi connectivity index (χ4n) is 1.76. The highest BCUT2D eigenvalue weighted by atomic mass is 127. The van der Waals surface area contributed by atoms with Crippen LogP contribution in [0.25, 0.3) is 0 Å². The summed E-state index contributed by atoms with van der Waals surface area (Å²) in [7, 11) is 0. The predicted molar refractivity (Wildman–Crippen MR) is 80.9 cm³/mol. The van der Waals surface area contributed by atoms with Crippen molar-refractivity contribution in [3.05, 3.63) is 33.4 Å². The second kappa shape index (κ2) is 6.71. The zero-order valence-corrected chi connectivity index (χ0v) is 13.0. The van der Waals surface area contributed by atoms with E-state index in [4.69, 9.17) is 0 Å². The largest absolute Gasteiger partial charge is 0.392 e. The molecule has 1 rings (SSSR count). The molecule has 0 fully saturated rings. The van der Waals surface area contributed by atoms with Gasteiger partial charge in [-0.15, -0.1) is 0 Å². The van der Waals surface area contributed by atoms with Gasteiger partial charge in [-0.3, -0.25) is 0 Å². The van der Waals surface area contributed by atoms with Crippen molar-refractivity contribution in [1.82, 2.24) is 5.32 Å². The molecule has 0 spiro atoms. The summed E-state index contributed by atoms with van der Waals surface area (Å²) in [5.41, 5.74) is 1.44.